The van der Waals surface area contributed by atoms with Gasteiger partial charge in [0.25, 0.3) is 0 Å². The SMILES string of the molecule is C=C1/C(=C\C=O)C[C@@H](O[Si](C)(C)C(C)(C)C)C[C@@H]1O[Si](C)(C)C(C)(C)C. The number of hydrogen-bond acceptors (Lipinski definition) is 3. The molecule has 0 N–H and O–H groups in total. The Kier molecular flexibility index (Phi) is 7.12. The van der Waals surface area contributed by atoms with Gasteiger partial charge in [-0.15, -0.1) is 0 Å². The molecule has 0 aliphatic heterocycles. The van der Waals surface area contributed by atoms with E-state index in [9.17, 15) is 4.79 Å². The summed E-state index contributed by atoms with van der Waals surface area (Å²) in [6.45, 7) is 26.9. The molecule has 26 heavy (non-hydrogen) atoms. The summed E-state index contributed by atoms with van der Waals surface area (Å²) < 4.78 is 13.4. The Hall–Kier alpha value is -0.496. The van der Waals surface area contributed by atoms with E-state index >= 15 is 0 Å². The third kappa shape index (κ3) is 5.50. The van der Waals surface area contributed by atoms with Crippen LogP contribution in [0.3, 0.4) is 0 Å². The van der Waals surface area contributed by atoms with Crippen molar-refractivity contribution in [3.05, 3.63) is 23.8 Å². The van der Waals surface area contributed by atoms with Crippen LogP contribution in [0.1, 0.15) is 54.4 Å². The maximum atomic E-state index is 11.1. The maximum Gasteiger partial charge on any atom is 0.192 e. The zero-order chi connectivity index (χ0) is 20.6. The highest BCUT2D eigenvalue weighted by molar-refractivity contribution is 6.74. The number of carbonyl (C=O) groups excluding carboxylic acids is 1. The van der Waals surface area contributed by atoms with Crippen molar-refractivity contribution < 1.29 is 13.6 Å². The lowest BCUT2D eigenvalue weighted by Crippen LogP contribution is -2.49. The smallest absolute Gasteiger partial charge is 0.192 e. The Balaban J connectivity index is 3.10. The van der Waals surface area contributed by atoms with Crippen molar-refractivity contribution in [2.45, 2.75) is 103 Å². The van der Waals surface area contributed by atoms with E-state index in [-0.39, 0.29) is 22.3 Å². The fourth-order valence-electron chi connectivity index (χ4n) is 2.64. The van der Waals surface area contributed by atoms with Crippen molar-refractivity contribution in [1.29, 1.82) is 0 Å². The van der Waals surface area contributed by atoms with Crippen molar-refractivity contribution in [3.8, 4) is 0 Å². The summed E-state index contributed by atoms with van der Waals surface area (Å²) in [4.78, 5) is 11.1. The average Bonchev–Trinajstić information content (AvgIpc) is 2.40. The molecule has 1 rings (SSSR count). The fourth-order valence-corrected chi connectivity index (χ4v) is 5.31. The van der Waals surface area contributed by atoms with Crippen molar-refractivity contribution in [2.75, 3.05) is 0 Å². The monoisotopic (exact) mass is 396 g/mol. The van der Waals surface area contributed by atoms with Crippen LogP contribution in [0, 0.1) is 0 Å². The van der Waals surface area contributed by atoms with Crippen molar-refractivity contribution in [3.63, 3.8) is 0 Å². The fraction of sp³-hybridized carbons (Fsp3) is 0.762. The number of allylic oxidation sites excluding steroid dienone is 1. The summed E-state index contributed by atoms with van der Waals surface area (Å²) in [5, 5.41) is 0.292. The molecule has 0 aromatic carbocycles. The van der Waals surface area contributed by atoms with Gasteiger partial charge in [0.05, 0.1) is 12.2 Å². The largest absolute Gasteiger partial charge is 0.413 e. The minimum absolute atomic E-state index is 0.0642. The molecule has 1 fully saturated rings. The van der Waals surface area contributed by atoms with Gasteiger partial charge >= 0.3 is 0 Å². The van der Waals surface area contributed by atoms with E-state index < -0.39 is 16.6 Å². The normalized spacial score (nSPS) is 24.8. The molecule has 0 aromatic heterocycles. The van der Waals surface area contributed by atoms with Gasteiger partial charge in [-0.2, -0.15) is 0 Å². The van der Waals surface area contributed by atoms with Gasteiger partial charge in [-0.1, -0.05) is 48.1 Å². The summed E-state index contributed by atoms with van der Waals surface area (Å²) in [7, 11) is -3.81. The minimum Gasteiger partial charge on any atom is -0.413 e. The molecule has 0 bridgehead atoms. The molecule has 0 unspecified atom stereocenters. The lowest BCUT2D eigenvalue weighted by atomic mass is 9.86. The van der Waals surface area contributed by atoms with Gasteiger partial charge in [0.2, 0.25) is 0 Å². The van der Waals surface area contributed by atoms with Crippen LogP contribution in [-0.4, -0.2) is 35.1 Å². The quantitative estimate of drug-likeness (QED) is 0.313. The van der Waals surface area contributed by atoms with E-state index in [0.717, 1.165) is 30.3 Å². The highest BCUT2D eigenvalue weighted by atomic mass is 28.4. The Morgan fingerprint density at radius 2 is 1.42 bits per heavy atom. The van der Waals surface area contributed by atoms with E-state index in [0.29, 0.717) is 0 Å². The van der Waals surface area contributed by atoms with Gasteiger partial charge in [-0.3, -0.25) is 4.79 Å². The lowest BCUT2D eigenvalue weighted by Gasteiger charge is -2.45. The molecule has 0 amide bonds. The predicted octanol–water partition coefficient (Wildman–Crippen LogP) is 6.24. The molecule has 0 spiro atoms. The molecular formula is C21H40O3Si2. The first-order chi connectivity index (χ1) is 11.5. The van der Waals surface area contributed by atoms with Crippen LogP contribution in [0.4, 0.5) is 0 Å². The first-order valence-electron chi connectivity index (χ1n) is 9.71. The zero-order valence-corrected chi connectivity index (χ0v) is 20.7. The topological polar surface area (TPSA) is 35.5 Å². The van der Waals surface area contributed by atoms with Crippen LogP contribution in [0.2, 0.25) is 36.3 Å². The summed E-state index contributed by atoms with van der Waals surface area (Å²) in [5.74, 6) is 0. The minimum atomic E-state index is -1.93. The molecule has 2 atom stereocenters. The van der Waals surface area contributed by atoms with Gasteiger partial charge in [0.1, 0.15) is 6.29 Å². The van der Waals surface area contributed by atoms with Gasteiger partial charge in [-0.05, 0) is 59.9 Å². The van der Waals surface area contributed by atoms with Crippen molar-refractivity contribution in [2.24, 2.45) is 0 Å². The lowest BCUT2D eigenvalue weighted by molar-refractivity contribution is -0.104. The van der Waals surface area contributed by atoms with Crippen LogP contribution < -0.4 is 0 Å². The number of hydrogen-bond donors (Lipinski definition) is 0. The molecule has 0 heterocycles. The first kappa shape index (κ1) is 23.5. The molecule has 1 aliphatic rings. The van der Waals surface area contributed by atoms with Crippen molar-refractivity contribution >= 4 is 22.9 Å². The van der Waals surface area contributed by atoms with Crippen LogP contribution in [-0.2, 0) is 13.6 Å². The highest BCUT2D eigenvalue weighted by Gasteiger charge is 2.44. The van der Waals surface area contributed by atoms with E-state index in [1.165, 1.54) is 0 Å². The molecule has 1 aliphatic carbocycles. The standard InChI is InChI=1S/C21H40O3Si2/c1-16-17(12-13-22)14-18(23-25(8,9)20(2,3)4)15-19(16)24-26(10,11)21(5,6)7/h12-13,18-19H,1,14-15H2,2-11H3/b17-12-/t18-,19+/m1/s1. The van der Waals surface area contributed by atoms with Gasteiger partial charge in [-0.25, -0.2) is 0 Å². The van der Waals surface area contributed by atoms with E-state index in [2.05, 4.69) is 74.3 Å². The van der Waals surface area contributed by atoms with E-state index in [1.54, 1.807) is 6.08 Å². The Morgan fingerprint density at radius 1 is 0.962 bits per heavy atom. The van der Waals surface area contributed by atoms with Crippen molar-refractivity contribution in [1.82, 2.24) is 0 Å². The van der Waals surface area contributed by atoms with Crippen LogP contribution in [0.5, 0.6) is 0 Å². The second-order valence-corrected chi connectivity index (χ2v) is 20.2. The molecule has 0 saturated heterocycles. The van der Waals surface area contributed by atoms with Gasteiger partial charge < -0.3 is 8.85 Å². The number of carbonyl (C=O) groups is 1. The molecular weight excluding hydrogens is 356 g/mol. The maximum absolute atomic E-state index is 11.1. The first-order valence-corrected chi connectivity index (χ1v) is 15.5. The second kappa shape index (κ2) is 7.86. The van der Waals surface area contributed by atoms with E-state index in [1.807, 2.05) is 0 Å². The zero-order valence-electron chi connectivity index (χ0n) is 18.7. The summed E-state index contributed by atoms with van der Waals surface area (Å²) >= 11 is 0. The second-order valence-electron chi connectivity index (χ2n) is 10.7. The number of rotatable bonds is 5. The Morgan fingerprint density at radius 3 is 1.85 bits per heavy atom. The third-order valence-electron chi connectivity index (χ3n) is 6.51. The third-order valence-corrected chi connectivity index (χ3v) is 15.5. The summed E-state index contributed by atoms with van der Waals surface area (Å²) in [6.07, 6.45) is 4.10. The molecule has 5 heteroatoms. The number of aldehydes is 1. The van der Waals surface area contributed by atoms with Gasteiger partial charge in [0, 0.05) is 6.42 Å². The van der Waals surface area contributed by atoms with Gasteiger partial charge in [0.15, 0.2) is 16.6 Å². The average molecular weight is 397 g/mol. The Labute approximate surface area is 163 Å². The van der Waals surface area contributed by atoms with Crippen LogP contribution >= 0.6 is 0 Å². The Bertz CT molecular complexity index is 563. The predicted molar refractivity (Wildman–Crippen MR) is 117 cm³/mol. The molecule has 3 nitrogen and oxygen atoms in total. The van der Waals surface area contributed by atoms with E-state index in [4.69, 9.17) is 8.85 Å². The van der Waals surface area contributed by atoms with Crippen LogP contribution in [0.25, 0.3) is 0 Å². The molecule has 1 saturated carbocycles. The molecule has 0 aromatic rings. The molecule has 0 radical (unpaired) electrons. The van der Waals surface area contributed by atoms with Crippen LogP contribution in [0.15, 0.2) is 23.8 Å². The summed E-state index contributed by atoms with van der Waals surface area (Å²) in [6, 6.07) is 0. The molecule has 150 valence electrons. The summed E-state index contributed by atoms with van der Waals surface area (Å²) in [5.41, 5.74) is 1.94. The highest BCUT2D eigenvalue weighted by Crippen LogP contribution is 2.43.